The number of aromatic nitrogens is 4. The van der Waals surface area contributed by atoms with Gasteiger partial charge in [0.1, 0.15) is 0 Å². The van der Waals surface area contributed by atoms with Crippen molar-refractivity contribution in [2.24, 2.45) is 0 Å². The van der Waals surface area contributed by atoms with Gasteiger partial charge in [0.2, 0.25) is 11.6 Å². The Morgan fingerprint density at radius 3 is 2.53 bits per heavy atom. The predicted octanol–water partition coefficient (Wildman–Crippen LogP) is -0.710. The minimum atomic E-state index is -0.00385. The first-order valence-electron chi connectivity index (χ1n) is 5.05. The van der Waals surface area contributed by atoms with Crippen LogP contribution in [0, 0.1) is 0 Å². The third-order valence-electron chi connectivity index (χ3n) is 1.92. The molecule has 4 N–H and O–H groups in total. The molecule has 17 heavy (non-hydrogen) atoms. The highest BCUT2D eigenvalue weighted by Gasteiger charge is 2.10. The number of rotatable bonds is 6. The number of fused-ring (bicyclic) bond motifs is 1. The largest absolute Gasteiger partial charge is 0.395 e. The second-order valence-electron chi connectivity index (χ2n) is 3.13. The fraction of sp³-hybridized carbons (Fsp3) is 0.500. The van der Waals surface area contributed by atoms with Gasteiger partial charge in [-0.2, -0.15) is 18.7 Å². The lowest BCUT2D eigenvalue weighted by Gasteiger charge is -2.06. The van der Waals surface area contributed by atoms with E-state index in [0.29, 0.717) is 36.0 Å². The molecule has 0 aliphatic heterocycles. The first-order chi connectivity index (χ1) is 8.35. The number of anilines is 2. The van der Waals surface area contributed by atoms with Gasteiger partial charge < -0.3 is 20.8 Å². The minimum Gasteiger partial charge on any atom is -0.395 e. The Balaban J connectivity index is 2.29. The summed E-state index contributed by atoms with van der Waals surface area (Å²) in [6.07, 6.45) is 0. The lowest BCUT2D eigenvalue weighted by Crippen LogP contribution is -2.12. The van der Waals surface area contributed by atoms with Gasteiger partial charge in [-0.05, 0) is 0 Å². The predicted molar refractivity (Wildman–Crippen MR) is 64.2 cm³/mol. The molecule has 0 amide bonds. The maximum absolute atomic E-state index is 8.77. The highest BCUT2D eigenvalue weighted by Crippen LogP contribution is 2.19. The van der Waals surface area contributed by atoms with Gasteiger partial charge in [0.15, 0.2) is 11.3 Å². The fourth-order valence-electron chi connectivity index (χ4n) is 1.23. The van der Waals surface area contributed by atoms with Gasteiger partial charge in [-0.25, -0.2) is 0 Å². The van der Waals surface area contributed by atoms with E-state index < -0.39 is 0 Å². The van der Waals surface area contributed by atoms with E-state index in [-0.39, 0.29) is 13.2 Å². The van der Waals surface area contributed by atoms with Crippen molar-refractivity contribution in [3.63, 3.8) is 0 Å². The number of nitrogens with one attached hydrogen (secondary N) is 2. The molecule has 2 aromatic rings. The summed E-state index contributed by atoms with van der Waals surface area (Å²) in [6, 6.07) is 0. The average Bonchev–Trinajstić information content (AvgIpc) is 2.81. The van der Waals surface area contributed by atoms with E-state index in [0.717, 1.165) is 11.7 Å². The van der Waals surface area contributed by atoms with E-state index in [4.69, 9.17) is 10.2 Å². The Morgan fingerprint density at radius 1 is 1.00 bits per heavy atom. The zero-order valence-electron chi connectivity index (χ0n) is 8.92. The molecule has 0 aliphatic rings. The Kier molecular flexibility index (Phi) is 3.96. The summed E-state index contributed by atoms with van der Waals surface area (Å²) >= 11 is 1.05. The van der Waals surface area contributed by atoms with Gasteiger partial charge in [-0.15, -0.1) is 0 Å². The van der Waals surface area contributed by atoms with Crippen LogP contribution in [0.5, 0.6) is 0 Å². The molecular formula is C8H12N6O2S. The first-order valence-corrected chi connectivity index (χ1v) is 5.78. The van der Waals surface area contributed by atoms with Crippen molar-refractivity contribution in [3.05, 3.63) is 0 Å². The van der Waals surface area contributed by atoms with Crippen molar-refractivity contribution in [2.45, 2.75) is 0 Å². The number of aliphatic hydroxyl groups is 2. The molecule has 0 unspecified atom stereocenters. The van der Waals surface area contributed by atoms with E-state index in [1.165, 1.54) is 0 Å². The number of aliphatic hydroxyl groups excluding tert-OH is 2. The standard InChI is InChI=1S/C8H12N6O2S/c15-3-1-9-6-5-7(14-17-13-5)12-8(11-6)10-2-4-16/h15-16H,1-4H2,(H2,9,10,11,12,14). The van der Waals surface area contributed by atoms with Crippen LogP contribution in [0.15, 0.2) is 0 Å². The van der Waals surface area contributed by atoms with Gasteiger partial charge in [-0.1, -0.05) is 0 Å². The molecule has 8 nitrogen and oxygen atoms in total. The van der Waals surface area contributed by atoms with Crippen molar-refractivity contribution in [1.82, 2.24) is 18.7 Å². The van der Waals surface area contributed by atoms with Crippen LogP contribution < -0.4 is 10.6 Å². The molecule has 0 saturated carbocycles. The van der Waals surface area contributed by atoms with E-state index >= 15 is 0 Å². The summed E-state index contributed by atoms with van der Waals surface area (Å²) < 4.78 is 8.11. The second kappa shape index (κ2) is 5.66. The highest BCUT2D eigenvalue weighted by molar-refractivity contribution is 7.00. The molecule has 2 heterocycles. The lowest BCUT2D eigenvalue weighted by molar-refractivity contribution is 0.311. The van der Waals surface area contributed by atoms with Crippen molar-refractivity contribution < 1.29 is 10.2 Å². The lowest BCUT2D eigenvalue weighted by atomic mass is 10.4. The van der Waals surface area contributed by atoms with Gasteiger partial charge >= 0.3 is 0 Å². The molecule has 0 bridgehead atoms. The van der Waals surface area contributed by atoms with E-state index in [1.54, 1.807) is 0 Å². The summed E-state index contributed by atoms with van der Waals surface area (Å²) in [5.41, 5.74) is 1.07. The SMILES string of the molecule is OCCNc1nc(NCCO)c2nsnc2n1. The molecule has 2 aromatic heterocycles. The quantitative estimate of drug-likeness (QED) is 0.535. The summed E-state index contributed by atoms with van der Waals surface area (Å²) in [5, 5.41) is 23.3. The van der Waals surface area contributed by atoms with E-state index in [1.807, 2.05) is 0 Å². The Hall–Kier alpha value is -1.58. The number of nitrogens with zero attached hydrogens (tertiary/aromatic N) is 4. The zero-order chi connectivity index (χ0) is 12.1. The number of hydrogen-bond acceptors (Lipinski definition) is 9. The van der Waals surface area contributed by atoms with Gasteiger partial charge in [-0.3, -0.25) is 0 Å². The fourth-order valence-corrected chi connectivity index (χ4v) is 1.73. The van der Waals surface area contributed by atoms with Crippen LogP contribution in [-0.4, -0.2) is 55.2 Å². The van der Waals surface area contributed by atoms with Crippen LogP contribution in [0.2, 0.25) is 0 Å². The maximum Gasteiger partial charge on any atom is 0.226 e. The van der Waals surface area contributed by atoms with Gasteiger partial charge in [0, 0.05) is 13.1 Å². The Bertz CT molecular complexity index is 490. The van der Waals surface area contributed by atoms with E-state index in [2.05, 4.69) is 29.3 Å². The summed E-state index contributed by atoms with van der Waals surface area (Å²) in [4.78, 5) is 8.34. The highest BCUT2D eigenvalue weighted by atomic mass is 32.1. The van der Waals surface area contributed by atoms with E-state index in [9.17, 15) is 0 Å². The average molecular weight is 256 g/mol. The van der Waals surface area contributed by atoms with Gasteiger partial charge in [0.25, 0.3) is 0 Å². The molecule has 0 spiro atoms. The normalized spacial score (nSPS) is 10.7. The third kappa shape index (κ3) is 2.75. The maximum atomic E-state index is 8.77. The second-order valence-corrected chi connectivity index (χ2v) is 3.66. The first kappa shape index (κ1) is 11.9. The molecule has 92 valence electrons. The molecule has 0 aliphatic carbocycles. The van der Waals surface area contributed by atoms with Crippen LogP contribution in [-0.2, 0) is 0 Å². The molecule has 0 aromatic carbocycles. The van der Waals surface area contributed by atoms with Crippen molar-refractivity contribution >= 4 is 34.7 Å². The smallest absolute Gasteiger partial charge is 0.226 e. The molecule has 0 saturated heterocycles. The monoisotopic (exact) mass is 256 g/mol. The molecule has 0 radical (unpaired) electrons. The van der Waals surface area contributed by atoms with Crippen molar-refractivity contribution in [3.8, 4) is 0 Å². The van der Waals surface area contributed by atoms with Crippen LogP contribution in [0.1, 0.15) is 0 Å². The van der Waals surface area contributed by atoms with Crippen LogP contribution in [0.4, 0.5) is 11.8 Å². The molecule has 0 fully saturated rings. The summed E-state index contributed by atoms with van der Waals surface area (Å²) in [6.45, 7) is 0.740. The summed E-state index contributed by atoms with van der Waals surface area (Å²) in [5.74, 6) is 0.901. The van der Waals surface area contributed by atoms with Crippen LogP contribution >= 0.6 is 11.7 Å². The van der Waals surface area contributed by atoms with Crippen molar-refractivity contribution in [1.29, 1.82) is 0 Å². The molecular weight excluding hydrogens is 244 g/mol. The molecule has 2 rings (SSSR count). The molecule has 9 heteroatoms. The topological polar surface area (TPSA) is 116 Å². The van der Waals surface area contributed by atoms with Crippen LogP contribution in [0.3, 0.4) is 0 Å². The third-order valence-corrected chi connectivity index (χ3v) is 2.44. The number of hydrogen-bond donors (Lipinski definition) is 4. The molecule has 0 atom stereocenters. The van der Waals surface area contributed by atoms with Gasteiger partial charge in [0.05, 0.1) is 24.9 Å². The Morgan fingerprint density at radius 2 is 1.76 bits per heavy atom. The van der Waals surface area contributed by atoms with Crippen molar-refractivity contribution in [2.75, 3.05) is 36.9 Å². The summed E-state index contributed by atoms with van der Waals surface area (Å²) in [7, 11) is 0. The zero-order valence-corrected chi connectivity index (χ0v) is 9.74. The Labute approximate surface area is 101 Å². The van der Waals surface area contributed by atoms with Crippen LogP contribution in [0.25, 0.3) is 11.2 Å². The minimum absolute atomic E-state index is 0.00244.